The third-order valence-corrected chi connectivity index (χ3v) is 4.86. The average Bonchev–Trinajstić information content (AvgIpc) is 3.27. The van der Waals surface area contributed by atoms with Crippen molar-refractivity contribution >= 4 is 22.3 Å². The minimum Gasteiger partial charge on any atom is -0.496 e. The number of aromatic nitrogens is 4. The van der Waals surface area contributed by atoms with Crippen LogP contribution >= 0.6 is 0 Å². The summed E-state index contributed by atoms with van der Waals surface area (Å²) in [5.74, 6) is -0.0533. The molecule has 4 rings (SSSR count). The summed E-state index contributed by atoms with van der Waals surface area (Å²) < 4.78 is 21.6. The maximum absolute atomic E-state index is 14.6. The van der Waals surface area contributed by atoms with Crippen LogP contribution in [0.3, 0.4) is 0 Å². The highest BCUT2D eigenvalue weighted by Crippen LogP contribution is 2.36. The van der Waals surface area contributed by atoms with E-state index in [1.807, 2.05) is 20.9 Å². The number of ether oxygens (including phenoxy) is 1. The Morgan fingerprint density at radius 1 is 1.30 bits per heavy atom. The van der Waals surface area contributed by atoms with Crippen LogP contribution in [-0.2, 0) is 7.05 Å². The van der Waals surface area contributed by atoms with Crippen molar-refractivity contribution < 1.29 is 14.2 Å². The zero-order chi connectivity index (χ0) is 21.4. The van der Waals surface area contributed by atoms with Crippen molar-refractivity contribution in [2.24, 2.45) is 18.0 Å². The molecule has 0 fully saturated rings. The number of hydrogen-bond acceptors (Lipinski definition) is 5. The van der Waals surface area contributed by atoms with E-state index in [1.165, 1.54) is 13.2 Å². The first-order chi connectivity index (χ1) is 14.4. The molecule has 3 heterocycles. The fourth-order valence-electron chi connectivity index (χ4n) is 3.48. The number of pyridine rings is 1. The number of halogens is 1. The van der Waals surface area contributed by atoms with Crippen LogP contribution < -0.4 is 4.74 Å². The minimum atomic E-state index is -0.435. The zero-order valence-electron chi connectivity index (χ0n) is 17.1. The first kappa shape index (κ1) is 19.6. The summed E-state index contributed by atoms with van der Waals surface area (Å²) in [7, 11) is 3.30. The molecule has 0 radical (unpaired) electrons. The van der Waals surface area contributed by atoms with E-state index in [4.69, 9.17) is 9.73 Å². The monoisotopic (exact) mass is 407 g/mol. The first-order valence-electron chi connectivity index (χ1n) is 9.50. The molecular weight excluding hydrogens is 385 g/mol. The molecule has 0 bridgehead atoms. The summed E-state index contributed by atoms with van der Waals surface area (Å²) in [4.78, 5) is 12.0. The molecule has 1 aromatic carbocycles. The van der Waals surface area contributed by atoms with Crippen molar-refractivity contribution in [3.8, 4) is 22.9 Å². The van der Waals surface area contributed by atoms with Crippen LogP contribution in [0.1, 0.15) is 19.4 Å². The molecule has 0 saturated carbocycles. The van der Waals surface area contributed by atoms with Crippen LogP contribution in [0.4, 0.5) is 10.1 Å². The van der Waals surface area contributed by atoms with Crippen molar-refractivity contribution in [1.82, 2.24) is 19.7 Å². The summed E-state index contributed by atoms with van der Waals surface area (Å²) in [6.07, 6.45) is 5.03. The molecule has 0 atom stereocenters. The first-order valence-corrected chi connectivity index (χ1v) is 9.50. The predicted molar refractivity (Wildman–Crippen MR) is 114 cm³/mol. The van der Waals surface area contributed by atoms with Crippen molar-refractivity contribution in [2.75, 3.05) is 7.11 Å². The summed E-state index contributed by atoms with van der Waals surface area (Å²) >= 11 is 0. The Hall–Kier alpha value is -3.68. The summed E-state index contributed by atoms with van der Waals surface area (Å²) in [5, 5.41) is 15.5. The number of aryl methyl sites for hydroxylation is 1. The second-order valence-electron chi connectivity index (χ2n) is 7.30. The van der Waals surface area contributed by atoms with Crippen LogP contribution in [0, 0.1) is 11.7 Å². The Bertz CT molecular complexity index is 1260. The molecule has 7 nitrogen and oxygen atoms in total. The lowest BCUT2D eigenvalue weighted by Gasteiger charge is -2.11. The van der Waals surface area contributed by atoms with Gasteiger partial charge in [0.25, 0.3) is 0 Å². The summed E-state index contributed by atoms with van der Waals surface area (Å²) in [5.41, 5.74) is 3.22. The van der Waals surface area contributed by atoms with Crippen molar-refractivity contribution in [1.29, 1.82) is 0 Å². The second-order valence-corrected chi connectivity index (χ2v) is 7.30. The van der Waals surface area contributed by atoms with Gasteiger partial charge >= 0.3 is 0 Å². The molecule has 0 spiro atoms. The van der Waals surface area contributed by atoms with Gasteiger partial charge in [0.05, 0.1) is 53.7 Å². The largest absolute Gasteiger partial charge is 0.496 e. The number of hydrogen-bond donors (Lipinski definition) is 2. The number of nitrogens with one attached hydrogen (secondary N) is 1. The number of aliphatic imine (C=N–C) groups is 1. The van der Waals surface area contributed by atoms with Crippen molar-refractivity contribution in [3.63, 3.8) is 0 Å². The number of benzene rings is 1. The van der Waals surface area contributed by atoms with E-state index in [-0.39, 0.29) is 17.4 Å². The van der Waals surface area contributed by atoms with Crippen LogP contribution in [0.15, 0.2) is 47.8 Å². The Kier molecular flexibility index (Phi) is 4.99. The van der Waals surface area contributed by atoms with Gasteiger partial charge in [-0.25, -0.2) is 9.38 Å². The Morgan fingerprint density at radius 3 is 2.77 bits per heavy atom. The molecule has 154 valence electrons. The topological polar surface area (TPSA) is 88.3 Å². The lowest BCUT2D eigenvalue weighted by molar-refractivity contribution is 0.413. The van der Waals surface area contributed by atoms with Crippen LogP contribution in [-0.4, -0.2) is 37.7 Å². The highest BCUT2D eigenvalue weighted by atomic mass is 19.1. The lowest BCUT2D eigenvalue weighted by Crippen LogP contribution is -2.09. The molecule has 0 aliphatic carbocycles. The molecule has 0 aliphatic heterocycles. The molecule has 4 aromatic rings. The van der Waals surface area contributed by atoms with E-state index < -0.39 is 5.82 Å². The van der Waals surface area contributed by atoms with Gasteiger partial charge < -0.3 is 14.8 Å². The molecule has 8 heteroatoms. The van der Waals surface area contributed by atoms with Gasteiger partial charge in [-0.05, 0) is 24.1 Å². The number of methoxy groups -OCH3 is 1. The molecule has 2 N–H and O–H groups in total. The fraction of sp³-hybridized carbons (Fsp3) is 0.227. The highest BCUT2D eigenvalue weighted by molar-refractivity contribution is 6.14. The standard InChI is InChI=1S/C22H22FN5O2/c1-12(2)21(26-13-9-25-28(3)11-13)19-14-8-16(24-10-17(14)27-22(19)29)20-15(23)6-5-7-18(20)30-4/h5-12,27,29H,1-4H3. The summed E-state index contributed by atoms with van der Waals surface area (Å²) in [6.45, 7) is 3.99. The smallest absolute Gasteiger partial charge is 0.198 e. The molecule has 0 saturated heterocycles. The third-order valence-electron chi connectivity index (χ3n) is 4.86. The van der Waals surface area contributed by atoms with Gasteiger partial charge in [0.2, 0.25) is 0 Å². The Labute approximate surface area is 172 Å². The van der Waals surface area contributed by atoms with Gasteiger partial charge in [-0.3, -0.25) is 9.67 Å². The van der Waals surface area contributed by atoms with Crippen molar-refractivity contribution in [2.45, 2.75) is 13.8 Å². The number of H-pyrrole nitrogens is 1. The molecule has 3 aromatic heterocycles. The minimum absolute atomic E-state index is 0.00900. The van der Waals surface area contributed by atoms with Gasteiger partial charge in [-0.2, -0.15) is 5.10 Å². The Balaban J connectivity index is 1.94. The molecule has 30 heavy (non-hydrogen) atoms. The van der Waals surface area contributed by atoms with Gasteiger partial charge in [-0.1, -0.05) is 19.9 Å². The number of nitrogens with zero attached hydrogens (tertiary/aromatic N) is 4. The van der Waals surface area contributed by atoms with Gasteiger partial charge in [0.15, 0.2) is 5.88 Å². The molecule has 0 aliphatic rings. The number of fused-ring (bicyclic) bond motifs is 1. The van der Waals surface area contributed by atoms with Gasteiger partial charge in [0.1, 0.15) is 17.3 Å². The van der Waals surface area contributed by atoms with E-state index in [2.05, 4.69) is 15.1 Å². The fourth-order valence-corrected chi connectivity index (χ4v) is 3.48. The van der Waals surface area contributed by atoms with Gasteiger partial charge in [-0.15, -0.1) is 0 Å². The number of aromatic hydroxyl groups is 1. The quantitative estimate of drug-likeness (QED) is 0.474. The van der Waals surface area contributed by atoms with E-state index in [0.29, 0.717) is 39.3 Å². The SMILES string of the molecule is COc1cccc(F)c1-c1cc2c(C(=Nc3cnn(C)c3)C(C)C)c(O)[nH]c2cn1. The summed E-state index contributed by atoms with van der Waals surface area (Å²) in [6, 6.07) is 6.37. The average molecular weight is 407 g/mol. The van der Waals surface area contributed by atoms with Gasteiger partial charge in [0, 0.05) is 12.4 Å². The normalized spacial score (nSPS) is 12.1. The van der Waals surface area contributed by atoms with E-state index in [9.17, 15) is 9.50 Å². The van der Waals surface area contributed by atoms with Crippen LogP contribution in [0.25, 0.3) is 22.2 Å². The zero-order valence-corrected chi connectivity index (χ0v) is 17.1. The van der Waals surface area contributed by atoms with E-state index in [0.717, 1.165) is 0 Å². The molecule has 0 unspecified atom stereocenters. The third kappa shape index (κ3) is 3.41. The maximum Gasteiger partial charge on any atom is 0.198 e. The van der Waals surface area contributed by atoms with E-state index in [1.54, 1.807) is 41.5 Å². The van der Waals surface area contributed by atoms with Crippen molar-refractivity contribution in [3.05, 3.63) is 54.2 Å². The predicted octanol–water partition coefficient (Wildman–Crippen LogP) is 4.59. The lowest BCUT2D eigenvalue weighted by atomic mass is 9.98. The Morgan fingerprint density at radius 2 is 2.10 bits per heavy atom. The number of rotatable bonds is 5. The second kappa shape index (κ2) is 7.62. The number of aromatic amines is 1. The molecular formula is C22H22FN5O2. The maximum atomic E-state index is 14.6. The van der Waals surface area contributed by atoms with Crippen LogP contribution in [0.2, 0.25) is 0 Å². The van der Waals surface area contributed by atoms with Crippen LogP contribution in [0.5, 0.6) is 11.6 Å². The molecule has 0 amide bonds. The highest BCUT2D eigenvalue weighted by Gasteiger charge is 2.22. The van der Waals surface area contributed by atoms with E-state index >= 15 is 0 Å².